The van der Waals surface area contributed by atoms with Gasteiger partial charge in [0.15, 0.2) is 5.58 Å². The number of nitrogens with zero attached hydrogens (tertiary/aromatic N) is 3. The molecule has 2 aromatic heterocycles. The molecule has 0 saturated heterocycles. The van der Waals surface area contributed by atoms with E-state index in [1.54, 1.807) is 0 Å². The molecule has 0 aliphatic carbocycles. The third-order valence-corrected chi connectivity index (χ3v) is 5.52. The number of benzene rings is 2. The molecule has 158 valence electrons. The van der Waals surface area contributed by atoms with Gasteiger partial charge in [-0.1, -0.05) is 30.3 Å². The molecular formula is C21H17N3O6S. The van der Waals surface area contributed by atoms with Crippen LogP contribution in [-0.4, -0.2) is 20.4 Å². The third-order valence-electron chi connectivity index (χ3n) is 4.58. The van der Waals surface area contributed by atoms with Crippen molar-refractivity contribution in [2.24, 2.45) is 0 Å². The van der Waals surface area contributed by atoms with E-state index in [1.165, 1.54) is 34.1 Å². The quantitative estimate of drug-likeness (QED) is 0.230. The van der Waals surface area contributed by atoms with E-state index in [9.17, 15) is 19.7 Å². The Morgan fingerprint density at radius 3 is 2.81 bits per heavy atom. The first-order valence-corrected chi connectivity index (χ1v) is 10.3. The molecule has 2 aromatic carbocycles. The van der Waals surface area contributed by atoms with Crippen LogP contribution in [0.3, 0.4) is 0 Å². The first kappa shape index (κ1) is 20.5. The van der Waals surface area contributed by atoms with Crippen molar-refractivity contribution in [3.8, 4) is 10.6 Å². The van der Waals surface area contributed by atoms with Gasteiger partial charge in [0.05, 0.1) is 22.2 Å². The molecule has 0 radical (unpaired) electrons. The number of non-ortho nitro benzene ring substituents is 1. The van der Waals surface area contributed by atoms with Crippen LogP contribution in [0.1, 0.15) is 18.5 Å². The van der Waals surface area contributed by atoms with Crippen molar-refractivity contribution in [3.05, 3.63) is 80.3 Å². The van der Waals surface area contributed by atoms with E-state index in [-0.39, 0.29) is 30.8 Å². The average Bonchev–Trinajstić information content (AvgIpc) is 3.37. The average molecular weight is 439 g/mol. The van der Waals surface area contributed by atoms with Crippen LogP contribution in [0.5, 0.6) is 0 Å². The highest BCUT2D eigenvalue weighted by Gasteiger charge is 2.15. The number of aromatic nitrogens is 2. The van der Waals surface area contributed by atoms with Gasteiger partial charge in [-0.2, -0.15) is 0 Å². The van der Waals surface area contributed by atoms with Gasteiger partial charge in [0.25, 0.3) is 5.69 Å². The summed E-state index contributed by atoms with van der Waals surface area (Å²) in [5.74, 6) is -1.02. The normalized spacial score (nSPS) is 11.0. The minimum Gasteiger partial charge on any atom is -0.459 e. The summed E-state index contributed by atoms with van der Waals surface area (Å²) in [5.41, 5.74) is 2.11. The third kappa shape index (κ3) is 4.69. The van der Waals surface area contributed by atoms with Crippen LogP contribution in [0.2, 0.25) is 0 Å². The number of rotatable bonds is 8. The number of hydrogen-bond donors (Lipinski definition) is 0. The van der Waals surface area contributed by atoms with Crippen molar-refractivity contribution in [2.45, 2.75) is 26.0 Å². The maximum absolute atomic E-state index is 12.1. The fourth-order valence-electron chi connectivity index (χ4n) is 3.08. The Hall–Kier alpha value is -3.79. The number of aryl methyl sites for hydroxylation is 1. The van der Waals surface area contributed by atoms with Gasteiger partial charge in [-0.25, -0.2) is 9.78 Å². The molecule has 0 aliphatic heterocycles. The molecule has 0 spiro atoms. The van der Waals surface area contributed by atoms with Gasteiger partial charge in [0, 0.05) is 30.0 Å². The molecule has 0 atom stereocenters. The van der Waals surface area contributed by atoms with Gasteiger partial charge in [-0.05, 0) is 12.5 Å². The lowest BCUT2D eigenvalue weighted by Crippen LogP contribution is -2.15. The van der Waals surface area contributed by atoms with Crippen molar-refractivity contribution in [3.63, 3.8) is 0 Å². The molecule has 10 heteroatoms. The maximum atomic E-state index is 12.1. The minimum absolute atomic E-state index is 0.0838. The van der Waals surface area contributed by atoms with E-state index in [4.69, 9.17) is 9.15 Å². The summed E-state index contributed by atoms with van der Waals surface area (Å²) in [7, 11) is 0. The molecule has 4 rings (SSSR count). The van der Waals surface area contributed by atoms with E-state index in [1.807, 2.05) is 35.7 Å². The number of oxazole rings is 1. The van der Waals surface area contributed by atoms with Crippen molar-refractivity contribution >= 4 is 34.1 Å². The highest BCUT2D eigenvalue weighted by Crippen LogP contribution is 2.24. The van der Waals surface area contributed by atoms with Crippen LogP contribution < -0.4 is 5.76 Å². The second-order valence-corrected chi connectivity index (χ2v) is 7.56. The molecule has 9 nitrogen and oxygen atoms in total. The van der Waals surface area contributed by atoms with Crippen molar-refractivity contribution in [1.29, 1.82) is 0 Å². The Bertz CT molecular complexity index is 1290. The van der Waals surface area contributed by atoms with E-state index in [0.29, 0.717) is 17.6 Å². The van der Waals surface area contributed by atoms with Gasteiger partial charge in [0.1, 0.15) is 11.6 Å². The topological polar surface area (TPSA) is 117 Å². The Labute approximate surface area is 179 Å². The van der Waals surface area contributed by atoms with Crippen LogP contribution in [0.4, 0.5) is 5.69 Å². The molecule has 0 fully saturated rings. The molecule has 4 aromatic rings. The summed E-state index contributed by atoms with van der Waals surface area (Å²) in [6.07, 6.45) is 0.471. The lowest BCUT2D eigenvalue weighted by molar-refractivity contribution is -0.384. The number of nitro groups is 1. The van der Waals surface area contributed by atoms with E-state index >= 15 is 0 Å². The van der Waals surface area contributed by atoms with Gasteiger partial charge in [-0.15, -0.1) is 11.3 Å². The Kier molecular flexibility index (Phi) is 5.89. The van der Waals surface area contributed by atoms with Crippen molar-refractivity contribution in [2.75, 3.05) is 0 Å². The van der Waals surface area contributed by atoms with Crippen LogP contribution in [0, 0.1) is 10.1 Å². The predicted octanol–water partition coefficient (Wildman–Crippen LogP) is 4.15. The molecule has 0 saturated carbocycles. The molecule has 0 bridgehead atoms. The molecule has 0 N–H and O–H groups in total. The zero-order chi connectivity index (χ0) is 21.8. The van der Waals surface area contributed by atoms with E-state index in [2.05, 4.69) is 4.98 Å². The smallest absolute Gasteiger partial charge is 0.419 e. The first-order valence-electron chi connectivity index (χ1n) is 9.44. The lowest BCUT2D eigenvalue weighted by Gasteiger charge is -2.04. The van der Waals surface area contributed by atoms with Crippen LogP contribution >= 0.6 is 11.3 Å². The first-order chi connectivity index (χ1) is 15.0. The number of thiazole rings is 1. The summed E-state index contributed by atoms with van der Waals surface area (Å²) in [6, 6.07) is 13.7. The lowest BCUT2D eigenvalue weighted by atomic mass is 10.2. The summed E-state index contributed by atoms with van der Waals surface area (Å²) in [4.78, 5) is 38.8. The van der Waals surface area contributed by atoms with E-state index in [0.717, 1.165) is 10.6 Å². The number of ether oxygens (including phenoxy) is 1. The Balaban J connectivity index is 1.30. The number of nitro benzene ring substituents is 1. The molecule has 0 unspecified atom stereocenters. The largest absolute Gasteiger partial charge is 0.459 e. The van der Waals surface area contributed by atoms with Gasteiger partial charge < -0.3 is 9.15 Å². The van der Waals surface area contributed by atoms with Crippen LogP contribution in [0.25, 0.3) is 21.7 Å². The highest BCUT2D eigenvalue weighted by atomic mass is 32.1. The molecule has 0 aliphatic rings. The number of fused-ring (bicyclic) bond motifs is 1. The fourth-order valence-corrected chi connectivity index (χ4v) is 3.89. The number of hydrogen-bond acceptors (Lipinski definition) is 8. The number of carbonyl (C=O) groups is 1. The van der Waals surface area contributed by atoms with Crippen LogP contribution in [0.15, 0.2) is 63.1 Å². The molecular weight excluding hydrogens is 422 g/mol. The monoisotopic (exact) mass is 439 g/mol. The molecule has 0 amide bonds. The summed E-state index contributed by atoms with van der Waals surface area (Å²) < 4.78 is 11.7. The van der Waals surface area contributed by atoms with E-state index < -0.39 is 16.6 Å². The van der Waals surface area contributed by atoms with Crippen molar-refractivity contribution in [1.82, 2.24) is 9.55 Å². The van der Waals surface area contributed by atoms with Gasteiger partial charge >= 0.3 is 11.7 Å². The fraction of sp³-hybridized carbons (Fsp3) is 0.190. The second-order valence-electron chi connectivity index (χ2n) is 6.70. The minimum atomic E-state index is -0.625. The maximum Gasteiger partial charge on any atom is 0.419 e. The second kappa shape index (κ2) is 8.92. The van der Waals surface area contributed by atoms with Crippen LogP contribution in [-0.2, 0) is 22.7 Å². The standard InChI is InChI=1S/C21H17N3O6S/c25-19(29-12-15-13-31-20(22-15)14-5-2-1-3-6-14)7-4-10-23-17-9-8-16(24(27)28)11-18(17)30-21(23)26/h1-3,5-6,8-9,11,13H,4,7,10,12H2. The predicted molar refractivity (Wildman–Crippen MR) is 114 cm³/mol. The zero-order valence-electron chi connectivity index (χ0n) is 16.2. The molecule has 2 heterocycles. The SMILES string of the molecule is O=C(CCCn1c(=O)oc2cc([N+](=O)[O-])ccc21)OCc1csc(-c2ccccc2)n1. The summed E-state index contributed by atoms with van der Waals surface area (Å²) in [6.45, 7) is 0.314. The molecule has 31 heavy (non-hydrogen) atoms. The Morgan fingerprint density at radius 2 is 2.03 bits per heavy atom. The van der Waals surface area contributed by atoms with Crippen molar-refractivity contribution < 1.29 is 18.9 Å². The summed E-state index contributed by atoms with van der Waals surface area (Å²) >= 11 is 1.48. The number of esters is 1. The summed E-state index contributed by atoms with van der Waals surface area (Å²) in [5, 5.41) is 13.6. The van der Waals surface area contributed by atoms with Gasteiger partial charge in [0.2, 0.25) is 0 Å². The Morgan fingerprint density at radius 1 is 1.23 bits per heavy atom. The number of carbonyl (C=O) groups excluding carboxylic acids is 1. The highest BCUT2D eigenvalue weighted by molar-refractivity contribution is 7.13. The zero-order valence-corrected chi connectivity index (χ0v) is 17.0. The van der Waals surface area contributed by atoms with Gasteiger partial charge in [-0.3, -0.25) is 19.5 Å².